The molecule has 1 aliphatic heterocycles. The first-order valence-corrected chi connectivity index (χ1v) is 15.2. The van der Waals surface area contributed by atoms with Crippen LogP contribution < -0.4 is 15.9 Å². The molecule has 2 aromatic carbocycles. The number of benzene rings is 2. The minimum atomic E-state index is -0.665. The van der Waals surface area contributed by atoms with E-state index in [9.17, 15) is 14.4 Å². The first-order chi connectivity index (χ1) is 27.4. The lowest BCUT2D eigenvalue weighted by molar-refractivity contribution is -0.571. The molecule has 0 saturated carbocycles. The highest BCUT2D eigenvalue weighted by Crippen LogP contribution is 2.16. The molecule has 0 unspecified atom stereocenters. The monoisotopic (exact) mass is 787 g/mol. The van der Waals surface area contributed by atoms with Crippen LogP contribution in [0.2, 0.25) is 0 Å². The van der Waals surface area contributed by atoms with Crippen molar-refractivity contribution in [2.75, 3.05) is 13.2 Å². The lowest BCUT2D eigenvalue weighted by Gasteiger charge is -2.01. The van der Waals surface area contributed by atoms with E-state index in [0.717, 1.165) is 17.2 Å². The summed E-state index contributed by atoms with van der Waals surface area (Å²) in [5, 5.41) is 23.0. The summed E-state index contributed by atoms with van der Waals surface area (Å²) in [5.74, 6) is 27.2. The van der Waals surface area contributed by atoms with E-state index in [1.807, 2.05) is 65.8 Å². The van der Waals surface area contributed by atoms with Crippen LogP contribution in [0.5, 0.6) is 5.88 Å². The van der Waals surface area contributed by atoms with E-state index in [1.165, 1.54) is 11.7 Å². The Morgan fingerprint density at radius 2 is 1.30 bits per heavy atom. The smallest absolute Gasteiger partial charge is 0.377 e. The first-order valence-electron chi connectivity index (χ1n) is 15.2. The number of aromatic amines is 1. The average molecular weight is 788 g/mol. The number of carbonyl (C=O) groups is 2. The summed E-state index contributed by atoms with van der Waals surface area (Å²) < 4.78 is 29.8. The number of esters is 2. The van der Waals surface area contributed by atoms with Crippen LogP contribution in [0.15, 0.2) is 86.6 Å². The lowest BCUT2D eigenvalue weighted by Crippen LogP contribution is -2.11. The molecule has 0 radical (unpaired) electrons. The SMILES string of the molecule is C.C#CC#CC#CC#CC#CC#CC#C.O=C(OCc1ccccc1)c1cc(=O)[nH]o1.O=C(OCc1ccccc1)c1cc(OC[C@@H]2CO2)no1.OONOOO.[HH].[HH].[HH].[HH].[HH]. The molecule has 0 bridgehead atoms. The molecule has 0 spiro atoms. The Hall–Kier alpha value is -7.96. The Balaban J connectivity index is -0.000000238. The molecule has 1 fully saturated rings. The van der Waals surface area contributed by atoms with E-state index in [-0.39, 0.29) is 51.3 Å². The fraction of sp³-hybridized carbons (Fsp3) is 0.150. The zero-order chi connectivity index (χ0) is 40.5. The van der Waals surface area contributed by atoms with Crippen molar-refractivity contribution in [3.63, 3.8) is 0 Å². The Kier molecular flexibility index (Phi) is 25.2. The number of hydrogen-bond donors (Lipinski definition) is 4. The maximum Gasteiger partial charge on any atom is 0.377 e. The highest BCUT2D eigenvalue weighted by atomic mass is 17.5. The van der Waals surface area contributed by atoms with Gasteiger partial charge in [0, 0.05) is 7.13 Å². The normalized spacial score (nSPS) is 10.5. The van der Waals surface area contributed by atoms with Crippen LogP contribution in [-0.4, -0.2) is 52.1 Å². The van der Waals surface area contributed by atoms with Gasteiger partial charge in [-0.3, -0.25) is 4.79 Å². The molecule has 300 valence electrons. The van der Waals surface area contributed by atoms with Gasteiger partial charge in [0.2, 0.25) is 11.5 Å². The summed E-state index contributed by atoms with van der Waals surface area (Å²) >= 11 is 0. The predicted octanol–water partition coefficient (Wildman–Crippen LogP) is 4.59. The number of carbonyl (C=O) groups excluding carboxylic acids is 2. The molecule has 0 amide bonds. The van der Waals surface area contributed by atoms with E-state index in [0.29, 0.717) is 13.2 Å². The third-order valence-corrected chi connectivity index (χ3v) is 5.48. The summed E-state index contributed by atoms with van der Waals surface area (Å²) in [7, 11) is 0. The minimum Gasteiger partial charge on any atom is -0.473 e. The quantitative estimate of drug-likeness (QED) is 0.0385. The van der Waals surface area contributed by atoms with Gasteiger partial charge in [-0.2, -0.15) is 5.16 Å². The van der Waals surface area contributed by atoms with Gasteiger partial charge < -0.3 is 28.0 Å². The number of H-pyrrole nitrogens is 1. The molecule has 1 aliphatic rings. The molecule has 3 heterocycles. The number of nitrogens with zero attached hydrogens (tertiary/aromatic N) is 1. The molecule has 17 nitrogen and oxygen atoms in total. The number of hydrogen-bond acceptors (Lipinski definition) is 16. The van der Waals surface area contributed by atoms with Gasteiger partial charge in [0.05, 0.1) is 18.7 Å². The summed E-state index contributed by atoms with van der Waals surface area (Å²) in [5.41, 5.74) is 2.59. The summed E-state index contributed by atoms with van der Waals surface area (Å²) in [6, 6.07) is 21.1. The Morgan fingerprint density at radius 3 is 1.70 bits per heavy atom. The van der Waals surface area contributed by atoms with Crippen molar-refractivity contribution in [2.45, 2.75) is 26.7 Å². The van der Waals surface area contributed by atoms with Crippen LogP contribution in [0.1, 0.15) is 46.8 Å². The van der Waals surface area contributed by atoms with Gasteiger partial charge in [0.1, 0.15) is 25.9 Å². The maximum absolute atomic E-state index is 11.7. The molecular weight excluding hydrogens is 746 g/mol. The molecule has 1 saturated heterocycles. The lowest BCUT2D eigenvalue weighted by atomic mass is 10.2. The Bertz CT molecular complexity index is 2240. The van der Waals surface area contributed by atoms with Crippen molar-refractivity contribution in [1.82, 2.24) is 16.0 Å². The number of rotatable bonds is 12. The summed E-state index contributed by atoms with van der Waals surface area (Å²) in [6.07, 6.45) is 9.84. The minimum absolute atomic E-state index is 0. The predicted molar refractivity (Wildman–Crippen MR) is 208 cm³/mol. The highest BCUT2D eigenvalue weighted by Gasteiger charge is 2.24. The van der Waals surface area contributed by atoms with E-state index in [2.05, 4.69) is 95.7 Å². The van der Waals surface area contributed by atoms with Gasteiger partial charge in [0.25, 0.3) is 11.4 Å². The van der Waals surface area contributed by atoms with Gasteiger partial charge >= 0.3 is 11.9 Å². The van der Waals surface area contributed by atoms with E-state index in [1.54, 1.807) is 0 Å². The molecule has 17 heteroatoms. The number of nitrogens with one attached hydrogen (secondary N) is 2. The highest BCUT2D eigenvalue weighted by molar-refractivity contribution is 5.86. The third-order valence-electron chi connectivity index (χ3n) is 5.48. The van der Waals surface area contributed by atoms with Crippen molar-refractivity contribution in [1.29, 1.82) is 0 Å². The molecule has 1 atom stereocenters. The molecule has 0 aliphatic carbocycles. The van der Waals surface area contributed by atoms with Crippen LogP contribution in [0.25, 0.3) is 0 Å². The Morgan fingerprint density at radius 1 is 0.807 bits per heavy atom. The van der Waals surface area contributed by atoms with Crippen LogP contribution in [0.3, 0.4) is 0 Å². The molecular formula is C40H41N3O14. The zero-order valence-corrected chi connectivity index (χ0v) is 28.7. The van der Waals surface area contributed by atoms with Crippen LogP contribution in [0.4, 0.5) is 0 Å². The van der Waals surface area contributed by atoms with Gasteiger partial charge in [-0.15, -0.1) is 17.8 Å². The zero-order valence-electron chi connectivity index (χ0n) is 28.7. The summed E-state index contributed by atoms with van der Waals surface area (Å²) in [4.78, 5) is 40.2. The van der Waals surface area contributed by atoms with Crippen molar-refractivity contribution < 1.29 is 70.2 Å². The second-order valence-electron chi connectivity index (χ2n) is 9.37. The summed E-state index contributed by atoms with van der Waals surface area (Å²) in [6.45, 7) is 1.44. The van der Waals surface area contributed by atoms with Crippen molar-refractivity contribution in [3.8, 4) is 89.8 Å². The van der Waals surface area contributed by atoms with Crippen molar-refractivity contribution in [3.05, 3.63) is 106 Å². The third kappa shape index (κ3) is 23.3. The second kappa shape index (κ2) is 30.5. The van der Waals surface area contributed by atoms with Gasteiger partial charge in [-0.05, 0) is 98.0 Å². The first kappa shape index (κ1) is 47.1. The van der Waals surface area contributed by atoms with Crippen LogP contribution in [-0.2, 0) is 42.4 Å². The molecule has 4 aromatic rings. The fourth-order valence-corrected chi connectivity index (χ4v) is 3.09. The average Bonchev–Trinajstić information content (AvgIpc) is 3.76. The maximum atomic E-state index is 11.7. The largest absolute Gasteiger partial charge is 0.473 e. The molecule has 4 N–H and O–H groups in total. The molecule has 2 aromatic heterocycles. The van der Waals surface area contributed by atoms with E-state index >= 15 is 0 Å². The van der Waals surface area contributed by atoms with Crippen molar-refractivity contribution in [2.24, 2.45) is 0 Å². The molecule has 57 heavy (non-hydrogen) atoms. The number of epoxide rings is 1. The fourth-order valence-electron chi connectivity index (χ4n) is 3.09. The van der Waals surface area contributed by atoms with Crippen LogP contribution in [0, 0.1) is 83.9 Å². The number of ether oxygens (including phenoxy) is 4. The second-order valence-corrected chi connectivity index (χ2v) is 9.37. The van der Waals surface area contributed by atoms with Crippen molar-refractivity contribution >= 4 is 11.9 Å². The number of terminal acetylenes is 2. The van der Waals surface area contributed by atoms with Gasteiger partial charge in [-0.1, -0.05) is 73.1 Å². The van der Waals surface area contributed by atoms with Crippen LogP contribution >= 0.6 is 0 Å². The standard InChI is InChI=1S/C14H13NO5.C14H2.C11H9NO4.CH4.H3NO5.5H2/c16-14(19-7-10-4-2-1-3-5-10)12-6-13(15-20-12)18-9-11-8-17-11;1-3-5-7-9-11-13-14-12-10-8-6-4-2;13-10-6-9(16-12-10)11(14)15-7-8-4-2-1-3-5-8;;2-4-1-5-6-3;;;;;/h1-6,11H,7-9H2;1-2H;1-6H,7H2,(H,12,13);1H4;1-3H;5*1H/t11-;;;;;;;;;/m0........./s1. The van der Waals surface area contributed by atoms with E-state index < -0.39 is 17.5 Å². The molecule has 5 rings (SSSR count). The van der Waals surface area contributed by atoms with Gasteiger partial charge in [-0.25, -0.2) is 20.1 Å². The topological polar surface area (TPSA) is 227 Å². The van der Waals surface area contributed by atoms with E-state index in [4.69, 9.17) is 46.8 Å². The number of aromatic nitrogens is 2. The Labute approximate surface area is 333 Å². The van der Waals surface area contributed by atoms with Gasteiger partial charge in [0.15, 0.2) is 0 Å².